The Bertz CT molecular complexity index is 1150. The molecule has 8 nitrogen and oxygen atoms in total. The summed E-state index contributed by atoms with van der Waals surface area (Å²) in [5.41, 5.74) is 1.95. The molecule has 174 valence electrons. The Morgan fingerprint density at radius 2 is 1.73 bits per heavy atom. The molecule has 9 heteroatoms. The number of sulfonamides is 1. The zero-order chi connectivity index (χ0) is 23.7. The molecule has 1 heterocycles. The molecule has 0 aliphatic rings. The van der Waals surface area contributed by atoms with Gasteiger partial charge in [0, 0.05) is 5.69 Å². The molecule has 0 aliphatic heterocycles. The highest BCUT2D eigenvalue weighted by Crippen LogP contribution is 2.14. The molecule has 1 aromatic heterocycles. The van der Waals surface area contributed by atoms with E-state index >= 15 is 0 Å². The van der Waals surface area contributed by atoms with Gasteiger partial charge in [-0.2, -0.15) is 0 Å². The van der Waals surface area contributed by atoms with Crippen molar-refractivity contribution in [2.75, 3.05) is 11.9 Å². The average molecular weight is 471 g/mol. The second kappa shape index (κ2) is 11.4. The molecule has 3 rings (SSSR count). The molecule has 33 heavy (non-hydrogen) atoms. The number of aryl methyl sites for hydroxylation is 1. The summed E-state index contributed by atoms with van der Waals surface area (Å²) in [6.07, 6.45) is 4.66. The molecule has 0 saturated carbocycles. The summed E-state index contributed by atoms with van der Waals surface area (Å²) in [6.45, 7) is 1.68. The Hall–Kier alpha value is -3.43. The van der Waals surface area contributed by atoms with E-state index in [0.717, 1.165) is 19.3 Å². The fraction of sp³-hybridized carbons (Fsp3) is 0.250. The van der Waals surface area contributed by atoms with E-state index in [2.05, 4.69) is 17.0 Å². The summed E-state index contributed by atoms with van der Waals surface area (Å²) in [5.74, 6) is -0.719. The number of esters is 1. The largest absolute Gasteiger partial charge is 0.468 e. The lowest BCUT2D eigenvalue weighted by Crippen LogP contribution is -2.23. The number of carbonyl (C=O) groups is 2. The maximum atomic E-state index is 12.3. The van der Waals surface area contributed by atoms with E-state index in [-0.39, 0.29) is 17.0 Å². The van der Waals surface area contributed by atoms with Gasteiger partial charge in [0.15, 0.2) is 6.61 Å². The summed E-state index contributed by atoms with van der Waals surface area (Å²) in [6, 6.07) is 16.1. The van der Waals surface area contributed by atoms with Crippen LogP contribution in [0.1, 0.15) is 41.4 Å². The zero-order valence-corrected chi connectivity index (χ0v) is 19.1. The minimum atomic E-state index is -3.77. The minimum absolute atomic E-state index is 0.00858. The van der Waals surface area contributed by atoms with E-state index in [1.54, 1.807) is 12.1 Å². The molecule has 0 spiro atoms. The highest BCUT2D eigenvalue weighted by Gasteiger charge is 2.16. The van der Waals surface area contributed by atoms with Gasteiger partial charge >= 0.3 is 5.97 Å². The molecule has 0 saturated heterocycles. The van der Waals surface area contributed by atoms with Crippen LogP contribution in [0.5, 0.6) is 0 Å². The second-order valence-corrected chi connectivity index (χ2v) is 9.12. The summed E-state index contributed by atoms with van der Waals surface area (Å²) >= 11 is 0. The molecule has 2 N–H and O–H groups in total. The Morgan fingerprint density at radius 1 is 1.00 bits per heavy atom. The summed E-state index contributed by atoms with van der Waals surface area (Å²) in [4.78, 5) is 24.3. The maximum Gasteiger partial charge on any atom is 0.338 e. The first-order valence-corrected chi connectivity index (χ1v) is 12.0. The number of hydrogen-bond acceptors (Lipinski definition) is 6. The van der Waals surface area contributed by atoms with Crippen molar-refractivity contribution in [3.05, 3.63) is 83.8 Å². The van der Waals surface area contributed by atoms with Gasteiger partial charge < -0.3 is 14.5 Å². The van der Waals surface area contributed by atoms with Crippen LogP contribution < -0.4 is 10.0 Å². The van der Waals surface area contributed by atoms with Crippen molar-refractivity contribution in [3.8, 4) is 0 Å². The molecular weight excluding hydrogens is 444 g/mol. The monoisotopic (exact) mass is 470 g/mol. The number of ether oxygens (including phenoxy) is 1. The molecule has 0 fully saturated rings. The predicted octanol–water partition coefficient (Wildman–Crippen LogP) is 3.90. The maximum absolute atomic E-state index is 12.3. The fourth-order valence-corrected chi connectivity index (χ4v) is 3.97. The molecule has 0 unspecified atom stereocenters. The second-order valence-electron chi connectivity index (χ2n) is 7.35. The van der Waals surface area contributed by atoms with Crippen LogP contribution in [-0.2, 0) is 32.5 Å². The summed E-state index contributed by atoms with van der Waals surface area (Å²) in [5, 5.41) is 2.68. The number of furan rings is 1. The Kier molecular flexibility index (Phi) is 8.39. The predicted molar refractivity (Wildman–Crippen MR) is 123 cm³/mol. The average Bonchev–Trinajstić information content (AvgIpc) is 3.35. The molecule has 3 aromatic rings. The van der Waals surface area contributed by atoms with Crippen LogP contribution in [0.3, 0.4) is 0 Å². The first kappa shape index (κ1) is 24.2. The van der Waals surface area contributed by atoms with Gasteiger partial charge in [-0.25, -0.2) is 17.9 Å². The lowest BCUT2D eigenvalue weighted by atomic mass is 10.1. The van der Waals surface area contributed by atoms with E-state index in [4.69, 9.17) is 9.15 Å². The Morgan fingerprint density at radius 3 is 2.36 bits per heavy atom. The number of carbonyl (C=O) groups excluding carboxylic acids is 2. The quantitative estimate of drug-likeness (QED) is 0.411. The van der Waals surface area contributed by atoms with Gasteiger partial charge in [-0.15, -0.1) is 0 Å². The summed E-state index contributed by atoms with van der Waals surface area (Å²) < 4.78 is 37.2. The molecule has 0 atom stereocenters. The van der Waals surface area contributed by atoms with Crippen LogP contribution in [0.2, 0.25) is 0 Å². The topological polar surface area (TPSA) is 115 Å². The highest BCUT2D eigenvalue weighted by atomic mass is 32.2. The van der Waals surface area contributed by atoms with Gasteiger partial charge in [0.05, 0.1) is 23.3 Å². The van der Waals surface area contributed by atoms with Crippen LogP contribution in [0.15, 0.2) is 76.2 Å². The molecule has 0 radical (unpaired) electrons. The highest BCUT2D eigenvalue weighted by molar-refractivity contribution is 7.89. The number of benzene rings is 2. The smallest absolute Gasteiger partial charge is 0.338 e. The lowest BCUT2D eigenvalue weighted by molar-refractivity contribution is -0.119. The third kappa shape index (κ3) is 7.30. The fourth-order valence-electron chi connectivity index (χ4n) is 2.98. The number of anilines is 1. The number of nitrogens with one attached hydrogen (secondary N) is 2. The first-order chi connectivity index (χ1) is 15.9. The minimum Gasteiger partial charge on any atom is -0.468 e. The van der Waals surface area contributed by atoms with Gasteiger partial charge in [-0.05, 0) is 66.9 Å². The molecule has 2 aromatic carbocycles. The Balaban J connectivity index is 1.48. The standard InChI is InChI=1S/C24H26N2O6S/c1-2-3-5-18-7-11-20(12-8-18)26-23(27)17-32-24(28)19-9-13-22(14-10-19)33(29,30)25-16-21-6-4-15-31-21/h4,6-15,25H,2-3,5,16-17H2,1H3,(H,26,27). The van der Waals surface area contributed by atoms with Crippen molar-refractivity contribution in [2.24, 2.45) is 0 Å². The van der Waals surface area contributed by atoms with Gasteiger partial charge in [-0.3, -0.25) is 4.79 Å². The van der Waals surface area contributed by atoms with Crippen molar-refractivity contribution in [1.82, 2.24) is 4.72 Å². The van der Waals surface area contributed by atoms with E-state index in [0.29, 0.717) is 11.4 Å². The van der Waals surface area contributed by atoms with Crippen LogP contribution in [0.4, 0.5) is 5.69 Å². The normalized spacial score (nSPS) is 11.2. The molecule has 0 aliphatic carbocycles. The van der Waals surface area contributed by atoms with Crippen LogP contribution >= 0.6 is 0 Å². The van der Waals surface area contributed by atoms with Crippen molar-refractivity contribution in [2.45, 2.75) is 37.6 Å². The number of amides is 1. The Labute approximate surface area is 193 Å². The van der Waals surface area contributed by atoms with Gasteiger partial charge in [0.2, 0.25) is 10.0 Å². The van der Waals surface area contributed by atoms with Gasteiger partial charge in [-0.1, -0.05) is 25.5 Å². The van der Waals surface area contributed by atoms with Crippen molar-refractivity contribution >= 4 is 27.6 Å². The number of unbranched alkanes of at least 4 members (excludes halogenated alkanes) is 1. The zero-order valence-electron chi connectivity index (χ0n) is 18.2. The third-order valence-corrected chi connectivity index (χ3v) is 6.23. The van der Waals surface area contributed by atoms with E-state index in [1.807, 2.05) is 24.3 Å². The first-order valence-electron chi connectivity index (χ1n) is 10.6. The van der Waals surface area contributed by atoms with Crippen LogP contribution in [-0.4, -0.2) is 26.9 Å². The number of rotatable bonds is 11. The van der Waals surface area contributed by atoms with Crippen LogP contribution in [0.25, 0.3) is 0 Å². The van der Waals surface area contributed by atoms with E-state index in [1.165, 1.54) is 36.1 Å². The third-order valence-electron chi connectivity index (χ3n) is 4.81. The van der Waals surface area contributed by atoms with Crippen molar-refractivity contribution in [3.63, 3.8) is 0 Å². The van der Waals surface area contributed by atoms with Crippen molar-refractivity contribution < 1.29 is 27.2 Å². The van der Waals surface area contributed by atoms with Gasteiger partial charge in [0.1, 0.15) is 5.76 Å². The molecule has 1 amide bonds. The van der Waals surface area contributed by atoms with E-state index < -0.39 is 28.5 Å². The van der Waals surface area contributed by atoms with Gasteiger partial charge in [0.25, 0.3) is 5.91 Å². The lowest BCUT2D eigenvalue weighted by Gasteiger charge is -2.09. The van der Waals surface area contributed by atoms with Crippen LogP contribution in [0, 0.1) is 0 Å². The molecule has 0 bridgehead atoms. The van der Waals surface area contributed by atoms with Crippen molar-refractivity contribution in [1.29, 1.82) is 0 Å². The summed E-state index contributed by atoms with van der Waals surface area (Å²) in [7, 11) is -3.77. The SMILES string of the molecule is CCCCc1ccc(NC(=O)COC(=O)c2ccc(S(=O)(=O)NCc3ccco3)cc2)cc1. The molecular formula is C24H26N2O6S. The number of hydrogen-bond donors (Lipinski definition) is 2. The van der Waals surface area contributed by atoms with E-state index in [9.17, 15) is 18.0 Å².